The summed E-state index contributed by atoms with van der Waals surface area (Å²) in [5, 5.41) is 6.17. The van der Waals surface area contributed by atoms with Gasteiger partial charge in [0, 0.05) is 19.8 Å². The fourth-order valence-electron chi connectivity index (χ4n) is 1.97. The van der Waals surface area contributed by atoms with Gasteiger partial charge in [-0.25, -0.2) is 12.8 Å². The lowest BCUT2D eigenvalue weighted by molar-refractivity contribution is 0.153. The summed E-state index contributed by atoms with van der Waals surface area (Å²) in [5.74, 6) is 0.404. The first-order valence-corrected chi connectivity index (χ1v) is 10.5. The van der Waals surface area contributed by atoms with Crippen LogP contribution in [0.5, 0.6) is 5.75 Å². The zero-order chi connectivity index (χ0) is 19.4. The van der Waals surface area contributed by atoms with Crippen LogP contribution in [0, 0.1) is 5.82 Å². The van der Waals surface area contributed by atoms with E-state index in [1.54, 1.807) is 25.2 Å². The Morgan fingerprint density at radius 1 is 1.26 bits per heavy atom. The van der Waals surface area contributed by atoms with Crippen LogP contribution in [0.3, 0.4) is 0 Å². The molecule has 0 aliphatic heterocycles. The van der Waals surface area contributed by atoms with Gasteiger partial charge in [0.15, 0.2) is 17.5 Å². The molecule has 0 aromatic heterocycles. The minimum atomic E-state index is -3.00. The van der Waals surface area contributed by atoms with Crippen molar-refractivity contribution in [1.82, 2.24) is 10.6 Å². The fraction of sp³-hybridized carbons (Fsp3) is 0.588. The lowest BCUT2D eigenvalue weighted by Gasteiger charge is -2.20. The number of nitrogens with zero attached hydrogens (tertiary/aromatic N) is 1. The van der Waals surface area contributed by atoms with Crippen LogP contribution >= 0.6 is 24.0 Å². The molecule has 0 bridgehead atoms. The van der Waals surface area contributed by atoms with Gasteiger partial charge in [0.05, 0.1) is 25.5 Å². The van der Waals surface area contributed by atoms with Gasteiger partial charge in [-0.1, -0.05) is 19.1 Å². The van der Waals surface area contributed by atoms with Crippen molar-refractivity contribution in [3.8, 4) is 5.75 Å². The van der Waals surface area contributed by atoms with E-state index in [2.05, 4.69) is 15.6 Å². The van der Waals surface area contributed by atoms with E-state index >= 15 is 0 Å². The van der Waals surface area contributed by atoms with Crippen LogP contribution in [0.15, 0.2) is 29.3 Å². The Morgan fingerprint density at radius 2 is 1.96 bits per heavy atom. The van der Waals surface area contributed by atoms with Gasteiger partial charge in [-0.15, -0.1) is 24.0 Å². The van der Waals surface area contributed by atoms with Crippen LogP contribution in [0.2, 0.25) is 0 Å². The molecule has 2 N–H and O–H groups in total. The molecule has 10 heteroatoms. The number of hydrogen-bond donors (Lipinski definition) is 2. The van der Waals surface area contributed by atoms with Gasteiger partial charge >= 0.3 is 0 Å². The van der Waals surface area contributed by atoms with Gasteiger partial charge in [-0.2, -0.15) is 0 Å². The SMILES string of the molecule is CCC(CNC(=NC)NCCOCCS(C)(=O)=O)Oc1ccccc1F.I. The molecule has 0 spiro atoms. The molecule has 0 fully saturated rings. The van der Waals surface area contributed by atoms with Crippen LogP contribution in [0.25, 0.3) is 0 Å². The van der Waals surface area contributed by atoms with E-state index in [-0.39, 0.29) is 54.0 Å². The van der Waals surface area contributed by atoms with Crippen LogP contribution < -0.4 is 15.4 Å². The summed E-state index contributed by atoms with van der Waals surface area (Å²) >= 11 is 0. The van der Waals surface area contributed by atoms with Crippen molar-refractivity contribution in [1.29, 1.82) is 0 Å². The monoisotopic (exact) mass is 517 g/mol. The number of halogens is 2. The summed E-state index contributed by atoms with van der Waals surface area (Å²) in [6.45, 7) is 3.42. The molecule has 0 radical (unpaired) electrons. The molecule has 27 heavy (non-hydrogen) atoms. The quantitative estimate of drug-likeness (QED) is 0.202. The average Bonchev–Trinajstić information content (AvgIpc) is 2.60. The van der Waals surface area contributed by atoms with E-state index in [0.29, 0.717) is 32.1 Å². The predicted molar refractivity (Wildman–Crippen MR) is 116 cm³/mol. The van der Waals surface area contributed by atoms with Crippen molar-refractivity contribution in [2.24, 2.45) is 4.99 Å². The Kier molecular flexibility index (Phi) is 13.4. The molecule has 0 aliphatic carbocycles. The normalized spacial score (nSPS) is 12.8. The molecule has 0 aliphatic rings. The highest BCUT2D eigenvalue weighted by Gasteiger charge is 2.11. The van der Waals surface area contributed by atoms with Gasteiger partial charge in [0.25, 0.3) is 0 Å². The van der Waals surface area contributed by atoms with Gasteiger partial charge in [0.1, 0.15) is 15.9 Å². The zero-order valence-corrected chi connectivity index (χ0v) is 19.1. The summed E-state index contributed by atoms with van der Waals surface area (Å²) < 4.78 is 46.6. The lowest BCUT2D eigenvalue weighted by Crippen LogP contribution is -2.43. The molecule has 0 amide bonds. The molecular weight excluding hydrogens is 488 g/mol. The fourth-order valence-corrected chi connectivity index (χ4v) is 2.39. The molecule has 0 heterocycles. The second kappa shape index (κ2) is 13.9. The standard InChI is InChI=1S/C17H28FN3O4S.HI/c1-4-14(25-16-8-6-5-7-15(16)18)13-21-17(19-2)20-9-10-24-11-12-26(3,22)23;/h5-8,14H,4,9-13H2,1-3H3,(H2,19,20,21);1H. The largest absolute Gasteiger partial charge is 0.486 e. The highest BCUT2D eigenvalue weighted by atomic mass is 127. The maximum Gasteiger partial charge on any atom is 0.191 e. The maximum atomic E-state index is 13.7. The summed E-state index contributed by atoms with van der Waals surface area (Å²) in [4.78, 5) is 4.09. The molecule has 156 valence electrons. The first-order chi connectivity index (χ1) is 12.4. The number of ether oxygens (including phenoxy) is 2. The van der Waals surface area contributed by atoms with E-state index in [1.165, 1.54) is 12.3 Å². The van der Waals surface area contributed by atoms with Crippen molar-refractivity contribution in [3.63, 3.8) is 0 Å². The minimum absolute atomic E-state index is 0. The molecule has 7 nitrogen and oxygen atoms in total. The van der Waals surface area contributed by atoms with E-state index in [4.69, 9.17) is 9.47 Å². The Balaban J connectivity index is 0.00000676. The van der Waals surface area contributed by atoms with Crippen molar-refractivity contribution in [3.05, 3.63) is 30.1 Å². The van der Waals surface area contributed by atoms with E-state index in [9.17, 15) is 12.8 Å². The van der Waals surface area contributed by atoms with Crippen LogP contribution in [0.4, 0.5) is 4.39 Å². The number of aliphatic imine (C=N–C) groups is 1. The third-order valence-corrected chi connectivity index (χ3v) is 4.35. The summed E-state index contributed by atoms with van der Waals surface area (Å²) in [6.07, 6.45) is 1.66. The Bertz CT molecular complexity index is 674. The van der Waals surface area contributed by atoms with Gasteiger partial charge < -0.3 is 20.1 Å². The average molecular weight is 517 g/mol. The number of hydrogen-bond acceptors (Lipinski definition) is 5. The summed E-state index contributed by atoms with van der Waals surface area (Å²) in [6, 6.07) is 6.30. The molecule has 1 atom stereocenters. The second-order valence-electron chi connectivity index (χ2n) is 5.70. The Morgan fingerprint density at radius 3 is 2.56 bits per heavy atom. The Hall–Kier alpha value is -1.14. The third-order valence-electron chi connectivity index (χ3n) is 3.44. The van der Waals surface area contributed by atoms with E-state index in [0.717, 1.165) is 0 Å². The molecule has 1 aromatic rings. The van der Waals surface area contributed by atoms with Crippen LogP contribution in [-0.2, 0) is 14.6 Å². The first-order valence-electron chi connectivity index (χ1n) is 8.47. The van der Waals surface area contributed by atoms with Gasteiger partial charge in [0.2, 0.25) is 0 Å². The van der Waals surface area contributed by atoms with E-state index in [1.807, 2.05) is 6.92 Å². The van der Waals surface area contributed by atoms with Gasteiger partial charge in [-0.3, -0.25) is 4.99 Å². The number of sulfone groups is 1. The number of guanidine groups is 1. The predicted octanol–water partition coefficient (Wildman–Crippen LogP) is 1.83. The smallest absolute Gasteiger partial charge is 0.191 e. The zero-order valence-electron chi connectivity index (χ0n) is 15.9. The topological polar surface area (TPSA) is 89.0 Å². The van der Waals surface area contributed by atoms with Crippen molar-refractivity contribution in [2.45, 2.75) is 19.4 Å². The highest BCUT2D eigenvalue weighted by Crippen LogP contribution is 2.17. The van der Waals surface area contributed by atoms with Crippen molar-refractivity contribution >= 4 is 39.8 Å². The molecule has 0 saturated heterocycles. The van der Waals surface area contributed by atoms with Crippen LogP contribution in [-0.4, -0.2) is 65.8 Å². The van der Waals surface area contributed by atoms with E-state index < -0.39 is 9.84 Å². The number of para-hydroxylation sites is 1. The minimum Gasteiger partial charge on any atom is -0.486 e. The maximum absolute atomic E-state index is 13.7. The number of rotatable bonds is 11. The Labute approximate surface area is 178 Å². The molecular formula is C17H29FIN3O4S. The van der Waals surface area contributed by atoms with Crippen molar-refractivity contribution < 1.29 is 22.3 Å². The molecule has 1 aromatic carbocycles. The molecule has 1 rings (SSSR count). The first kappa shape index (κ1) is 25.9. The second-order valence-corrected chi connectivity index (χ2v) is 7.96. The van der Waals surface area contributed by atoms with Crippen LogP contribution in [0.1, 0.15) is 13.3 Å². The highest BCUT2D eigenvalue weighted by molar-refractivity contribution is 14.0. The molecule has 1 unspecified atom stereocenters. The number of nitrogens with one attached hydrogen (secondary N) is 2. The van der Waals surface area contributed by atoms with Crippen molar-refractivity contribution in [2.75, 3.05) is 45.4 Å². The third kappa shape index (κ3) is 12.0. The van der Waals surface area contributed by atoms with Gasteiger partial charge in [-0.05, 0) is 18.6 Å². The lowest BCUT2D eigenvalue weighted by atomic mass is 10.2. The summed E-state index contributed by atoms with van der Waals surface area (Å²) in [7, 11) is -1.37. The number of benzene rings is 1. The molecule has 0 saturated carbocycles. The summed E-state index contributed by atoms with van der Waals surface area (Å²) in [5.41, 5.74) is 0.